The van der Waals surface area contributed by atoms with Gasteiger partial charge in [-0.15, -0.1) is 0 Å². The van der Waals surface area contributed by atoms with Crippen LogP contribution in [0.3, 0.4) is 0 Å². The van der Waals surface area contributed by atoms with Gasteiger partial charge in [-0.25, -0.2) is 4.39 Å². The standard InChI is InChI=1S/C21H23FN2O2/c1-2-15-7-9-17(10-8-15)23-20(25)16-11-13-24(14-12-16)21(26)18-5-3-4-6-19(18)22/h3-10,16H,2,11-14H2,1H3,(H,23,25). The highest BCUT2D eigenvalue weighted by molar-refractivity contribution is 5.95. The Hall–Kier alpha value is -2.69. The number of hydrogen-bond acceptors (Lipinski definition) is 2. The minimum Gasteiger partial charge on any atom is -0.339 e. The van der Waals surface area contributed by atoms with Crippen molar-refractivity contribution in [2.45, 2.75) is 26.2 Å². The molecule has 3 rings (SSSR count). The Labute approximate surface area is 153 Å². The van der Waals surface area contributed by atoms with Crippen LogP contribution in [0.15, 0.2) is 48.5 Å². The highest BCUT2D eigenvalue weighted by Crippen LogP contribution is 2.22. The second-order valence-electron chi connectivity index (χ2n) is 6.59. The van der Waals surface area contributed by atoms with Gasteiger partial charge in [0, 0.05) is 24.7 Å². The number of nitrogens with one attached hydrogen (secondary N) is 1. The van der Waals surface area contributed by atoms with Crippen LogP contribution in [0.25, 0.3) is 0 Å². The molecule has 0 saturated carbocycles. The van der Waals surface area contributed by atoms with Gasteiger partial charge in [-0.3, -0.25) is 9.59 Å². The lowest BCUT2D eigenvalue weighted by molar-refractivity contribution is -0.121. The summed E-state index contributed by atoms with van der Waals surface area (Å²) in [4.78, 5) is 26.5. The van der Waals surface area contributed by atoms with Crippen molar-refractivity contribution in [3.8, 4) is 0 Å². The minimum absolute atomic E-state index is 0.0211. The fourth-order valence-corrected chi connectivity index (χ4v) is 3.22. The number of carbonyl (C=O) groups excluding carboxylic acids is 2. The van der Waals surface area contributed by atoms with E-state index in [4.69, 9.17) is 0 Å². The second kappa shape index (κ2) is 8.13. The largest absolute Gasteiger partial charge is 0.339 e. The van der Waals surface area contributed by atoms with Crippen LogP contribution in [0.2, 0.25) is 0 Å². The molecule has 1 saturated heterocycles. The number of carbonyl (C=O) groups is 2. The molecule has 0 unspecified atom stereocenters. The number of rotatable bonds is 4. The lowest BCUT2D eigenvalue weighted by Crippen LogP contribution is -2.41. The first-order valence-corrected chi connectivity index (χ1v) is 9.02. The van der Waals surface area contributed by atoms with E-state index in [2.05, 4.69) is 12.2 Å². The molecule has 136 valence electrons. The van der Waals surface area contributed by atoms with Crippen molar-refractivity contribution >= 4 is 17.5 Å². The molecule has 1 aliphatic heterocycles. The lowest BCUT2D eigenvalue weighted by Gasteiger charge is -2.31. The van der Waals surface area contributed by atoms with Gasteiger partial charge in [0.1, 0.15) is 5.82 Å². The van der Waals surface area contributed by atoms with Gasteiger partial charge in [0.25, 0.3) is 5.91 Å². The number of halogens is 1. The summed E-state index contributed by atoms with van der Waals surface area (Å²) in [6.07, 6.45) is 2.13. The molecule has 2 aromatic rings. The van der Waals surface area contributed by atoms with Crippen LogP contribution < -0.4 is 5.32 Å². The first kappa shape index (κ1) is 18.1. The lowest BCUT2D eigenvalue weighted by atomic mass is 9.95. The van der Waals surface area contributed by atoms with Crippen LogP contribution in [0, 0.1) is 11.7 Å². The zero-order chi connectivity index (χ0) is 18.5. The van der Waals surface area contributed by atoms with E-state index >= 15 is 0 Å². The Kier molecular flexibility index (Phi) is 5.66. The summed E-state index contributed by atoms with van der Waals surface area (Å²) in [6.45, 7) is 3.00. The summed E-state index contributed by atoms with van der Waals surface area (Å²) in [5, 5.41) is 2.95. The summed E-state index contributed by atoms with van der Waals surface area (Å²) >= 11 is 0. The maximum Gasteiger partial charge on any atom is 0.256 e. The van der Waals surface area contributed by atoms with Gasteiger partial charge in [0.05, 0.1) is 5.56 Å². The molecule has 4 nitrogen and oxygen atoms in total. The number of amides is 2. The number of hydrogen-bond donors (Lipinski definition) is 1. The molecule has 0 aliphatic carbocycles. The highest BCUT2D eigenvalue weighted by atomic mass is 19.1. The number of nitrogens with zero attached hydrogens (tertiary/aromatic N) is 1. The zero-order valence-electron chi connectivity index (χ0n) is 14.9. The summed E-state index contributed by atoms with van der Waals surface area (Å²) in [5.74, 6) is -0.970. The Morgan fingerprint density at radius 3 is 2.35 bits per heavy atom. The van der Waals surface area contributed by atoms with Crippen LogP contribution in [0.1, 0.15) is 35.7 Å². The van der Waals surface area contributed by atoms with E-state index in [-0.39, 0.29) is 23.3 Å². The molecule has 2 aromatic carbocycles. The average molecular weight is 354 g/mol. The summed E-state index contributed by atoms with van der Waals surface area (Å²) in [5.41, 5.74) is 2.10. The minimum atomic E-state index is -0.507. The maximum absolute atomic E-state index is 13.8. The topological polar surface area (TPSA) is 49.4 Å². The fourth-order valence-electron chi connectivity index (χ4n) is 3.22. The second-order valence-corrected chi connectivity index (χ2v) is 6.59. The van der Waals surface area contributed by atoms with E-state index in [1.165, 1.54) is 17.7 Å². The van der Waals surface area contributed by atoms with Crippen molar-refractivity contribution in [3.05, 3.63) is 65.5 Å². The van der Waals surface area contributed by atoms with E-state index < -0.39 is 5.82 Å². The van der Waals surface area contributed by atoms with Crippen LogP contribution in [-0.4, -0.2) is 29.8 Å². The van der Waals surface area contributed by atoms with Crippen molar-refractivity contribution in [2.24, 2.45) is 5.92 Å². The summed E-state index contributed by atoms with van der Waals surface area (Å²) in [6, 6.07) is 13.8. The van der Waals surface area contributed by atoms with Gasteiger partial charge in [0.15, 0.2) is 0 Å². The quantitative estimate of drug-likeness (QED) is 0.906. The monoisotopic (exact) mass is 354 g/mol. The van der Waals surface area contributed by atoms with E-state index in [0.29, 0.717) is 25.9 Å². The van der Waals surface area contributed by atoms with Crippen molar-refractivity contribution in [3.63, 3.8) is 0 Å². The Morgan fingerprint density at radius 2 is 1.73 bits per heavy atom. The fraction of sp³-hybridized carbons (Fsp3) is 0.333. The molecular formula is C21H23FN2O2. The average Bonchev–Trinajstić information content (AvgIpc) is 2.68. The Morgan fingerprint density at radius 1 is 1.08 bits per heavy atom. The van der Waals surface area contributed by atoms with Crippen molar-refractivity contribution in [1.82, 2.24) is 4.90 Å². The molecule has 0 spiro atoms. The maximum atomic E-state index is 13.8. The molecule has 0 bridgehead atoms. The molecule has 5 heteroatoms. The van der Waals surface area contributed by atoms with Gasteiger partial charge >= 0.3 is 0 Å². The normalized spacial score (nSPS) is 14.9. The number of anilines is 1. The van der Waals surface area contributed by atoms with Gasteiger partial charge in [-0.05, 0) is 49.1 Å². The van der Waals surface area contributed by atoms with Crippen LogP contribution in [-0.2, 0) is 11.2 Å². The zero-order valence-corrected chi connectivity index (χ0v) is 14.9. The number of likely N-dealkylation sites (tertiary alicyclic amines) is 1. The third kappa shape index (κ3) is 4.10. The molecule has 0 atom stereocenters. The first-order chi connectivity index (χ1) is 12.6. The molecule has 1 N–H and O–H groups in total. The Bertz CT molecular complexity index is 781. The predicted octanol–water partition coefficient (Wildman–Crippen LogP) is 3.88. The van der Waals surface area contributed by atoms with Crippen molar-refractivity contribution in [1.29, 1.82) is 0 Å². The highest BCUT2D eigenvalue weighted by Gasteiger charge is 2.28. The van der Waals surface area contributed by atoms with Gasteiger partial charge in [0.2, 0.25) is 5.91 Å². The molecule has 0 radical (unpaired) electrons. The SMILES string of the molecule is CCc1ccc(NC(=O)C2CCN(C(=O)c3ccccc3F)CC2)cc1. The number of aryl methyl sites for hydroxylation is 1. The van der Waals surface area contributed by atoms with E-state index in [0.717, 1.165) is 12.1 Å². The van der Waals surface area contributed by atoms with E-state index in [1.54, 1.807) is 17.0 Å². The number of piperidine rings is 1. The van der Waals surface area contributed by atoms with E-state index in [9.17, 15) is 14.0 Å². The molecule has 0 aromatic heterocycles. The van der Waals surface area contributed by atoms with E-state index in [1.807, 2.05) is 24.3 Å². The van der Waals surface area contributed by atoms with Gasteiger partial charge < -0.3 is 10.2 Å². The molecule has 2 amide bonds. The van der Waals surface area contributed by atoms with Crippen LogP contribution in [0.5, 0.6) is 0 Å². The third-order valence-corrected chi connectivity index (χ3v) is 4.89. The smallest absolute Gasteiger partial charge is 0.256 e. The van der Waals surface area contributed by atoms with Crippen LogP contribution in [0.4, 0.5) is 10.1 Å². The van der Waals surface area contributed by atoms with Gasteiger partial charge in [-0.1, -0.05) is 31.2 Å². The molecule has 1 fully saturated rings. The molecule has 1 aliphatic rings. The van der Waals surface area contributed by atoms with Crippen molar-refractivity contribution < 1.29 is 14.0 Å². The first-order valence-electron chi connectivity index (χ1n) is 9.02. The predicted molar refractivity (Wildman–Crippen MR) is 99.5 cm³/mol. The summed E-state index contributed by atoms with van der Waals surface area (Å²) in [7, 11) is 0. The molecule has 26 heavy (non-hydrogen) atoms. The summed E-state index contributed by atoms with van der Waals surface area (Å²) < 4.78 is 13.8. The molecular weight excluding hydrogens is 331 g/mol. The van der Waals surface area contributed by atoms with Crippen molar-refractivity contribution in [2.75, 3.05) is 18.4 Å². The third-order valence-electron chi connectivity index (χ3n) is 4.89. The Balaban J connectivity index is 1.55. The van der Waals surface area contributed by atoms with Crippen LogP contribution >= 0.6 is 0 Å². The molecule has 1 heterocycles. The van der Waals surface area contributed by atoms with Gasteiger partial charge in [-0.2, -0.15) is 0 Å². The number of benzene rings is 2.